The van der Waals surface area contributed by atoms with Gasteiger partial charge in [-0.2, -0.15) is 0 Å². The van der Waals surface area contributed by atoms with Crippen molar-refractivity contribution in [2.75, 3.05) is 34.2 Å². The van der Waals surface area contributed by atoms with E-state index in [0.717, 1.165) is 36.1 Å². The van der Waals surface area contributed by atoms with E-state index in [0.29, 0.717) is 16.7 Å². The summed E-state index contributed by atoms with van der Waals surface area (Å²) in [6, 6.07) is 1.82. The van der Waals surface area contributed by atoms with Gasteiger partial charge >= 0.3 is 0 Å². The van der Waals surface area contributed by atoms with Gasteiger partial charge in [0.25, 0.3) is 5.91 Å². The van der Waals surface area contributed by atoms with Gasteiger partial charge in [-0.15, -0.1) is 0 Å². The van der Waals surface area contributed by atoms with Gasteiger partial charge in [0, 0.05) is 36.9 Å². The molecule has 0 aliphatic carbocycles. The molecule has 7 nitrogen and oxygen atoms in total. The maximum absolute atomic E-state index is 12.2. The molecule has 25 heavy (non-hydrogen) atoms. The molecule has 0 aromatic carbocycles. The van der Waals surface area contributed by atoms with Crippen LogP contribution in [0.2, 0.25) is 5.02 Å². The van der Waals surface area contributed by atoms with Crippen LogP contribution in [-0.2, 0) is 4.79 Å². The molecule has 2 N–H and O–H groups in total. The number of H-pyrrole nitrogens is 1. The highest BCUT2D eigenvalue weighted by Gasteiger charge is 2.23. The third kappa shape index (κ3) is 4.00. The average molecular weight is 361 g/mol. The quantitative estimate of drug-likeness (QED) is 0.799. The van der Waals surface area contributed by atoms with Crippen LogP contribution in [-0.4, -0.2) is 65.9 Å². The molecule has 1 aliphatic heterocycles. The Bertz CT molecular complexity index is 854. The second kappa shape index (κ2) is 7.25. The number of aromatic nitrogens is 2. The summed E-state index contributed by atoms with van der Waals surface area (Å²) in [4.78, 5) is 28.0. The fraction of sp³-hybridized carbons (Fsp3) is 0.353. The predicted octanol–water partition coefficient (Wildman–Crippen LogP) is 1.93. The fourth-order valence-corrected chi connectivity index (χ4v) is 2.79. The van der Waals surface area contributed by atoms with Gasteiger partial charge in [-0.05, 0) is 39.2 Å². The first-order valence-corrected chi connectivity index (χ1v) is 8.42. The van der Waals surface area contributed by atoms with Crippen molar-refractivity contribution in [3.8, 4) is 0 Å². The Balaban J connectivity index is 1.79. The first-order valence-electron chi connectivity index (χ1n) is 8.04. The molecule has 0 saturated heterocycles. The standard InChI is InChI=1S/C17H21ClN6O/c1-23(2)5-4-6-24(3)17-21-14(16(25)22-17)7-11-9-19-15-13(11)8-12(18)10-20-15/h7-10H,4-6H2,1-3H3,(H,19,20)(H,21,22,25)/b14-7-. The number of aromatic amines is 1. The number of guanidine groups is 1. The lowest BCUT2D eigenvalue weighted by molar-refractivity contribution is -0.115. The summed E-state index contributed by atoms with van der Waals surface area (Å²) >= 11 is 6.01. The van der Waals surface area contributed by atoms with Crippen LogP contribution in [0.4, 0.5) is 0 Å². The molecule has 0 saturated carbocycles. The molecule has 0 radical (unpaired) electrons. The zero-order valence-corrected chi connectivity index (χ0v) is 15.3. The van der Waals surface area contributed by atoms with Gasteiger partial charge in [-0.1, -0.05) is 11.6 Å². The number of rotatable bonds is 5. The molecule has 2 aromatic heterocycles. The highest BCUT2D eigenvalue weighted by molar-refractivity contribution is 6.31. The highest BCUT2D eigenvalue weighted by Crippen LogP contribution is 2.23. The van der Waals surface area contributed by atoms with E-state index in [1.807, 2.05) is 32.1 Å². The Morgan fingerprint density at radius 2 is 2.08 bits per heavy atom. The number of hydrogen-bond acceptors (Lipinski definition) is 5. The van der Waals surface area contributed by atoms with E-state index in [1.54, 1.807) is 18.5 Å². The summed E-state index contributed by atoms with van der Waals surface area (Å²) in [5.41, 5.74) is 1.92. The normalized spacial score (nSPS) is 16.0. The summed E-state index contributed by atoms with van der Waals surface area (Å²) in [5.74, 6) is 0.366. The van der Waals surface area contributed by atoms with Crippen molar-refractivity contribution in [2.24, 2.45) is 4.99 Å². The molecule has 0 bridgehead atoms. The number of hydrogen-bond donors (Lipinski definition) is 2. The highest BCUT2D eigenvalue weighted by atomic mass is 35.5. The van der Waals surface area contributed by atoms with E-state index in [9.17, 15) is 4.79 Å². The second-order valence-electron chi connectivity index (χ2n) is 6.29. The topological polar surface area (TPSA) is 76.6 Å². The lowest BCUT2D eigenvalue weighted by Crippen LogP contribution is -2.38. The Morgan fingerprint density at radius 3 is 2.84 bits per heavy atom. The Morgan fingerprint density at radius 1 is 1.28 bits per heavy atom. The maximum atomic E-state index is 12.2. The van der Waals surface area contributed by atoms with Gasteiger partial charge in [0.15, 0.2) is 0 Å². The lowest BCUT2D eigenvalue weighted by Gasteiger charge is -2.19. The van der Waals surface area contributed by atoms with Crippen LogP contribution in [0.25, 0.3) is 17.1 Å². The Labute approximate surface area is 151 Å². The van der Waals surface area contributed by atoms with Crippen LogP contribution in [0, 0.1) is 0 Å². The van der Waals surface area contributed by atoms with E-state index in [1.165, 1.54) is 0 Å². The van der Waals surface area contributed by atoms with Gasteiger partial charge < -0.3 is 14.8 Å². The maximum Gasteiger partial charge on any atom is 0.276 e. The molecule has 132 valence electrons. The van der Waals surface area contributed by atoms with E-state index >= 15 is 0 Å². The van der Waals surface area contributed by atoms with Crippen LogP contribution >= 0.6 is 11.6 Å². The minimum absolute atomic E-state index is 0.209. The zero-order valence-electron chi connectivity index (χ0n) is 14.5. The van der Waals surface area contributed by atoms with Gasteiger partial charge in [0.1, 0.15) is 11.3 Å². The van der Waals surface area contributed by atoms with Crippen molar-refractivity contribution in [3.05, 3.63) is 34.7 Å². The third-order valence-corrected chi connectivity index (χ3v) is 4.17. The number of amides is 1. The molecule has 0 spiro atoms. The number of nitrogens with one attached hydrogen (secondary N) is 2. The van der Waals surface area contributed by atoms with Gasteiger partial charge in [0.2, 0.25) is 5.96 Å². The molecular formula is C17H21ClN6O. The zero-order chi connectivity index (χ0) is 18.0. The van der Waals surface area contributed by atoms with Crippen LogP contribution < -0.4 is 5.32 Å². The van der Waals surface area contributed by atoms with E-state index in [4.69, 9.17) is 11.6 Å². The minimum Gasteiger partial charge on any atom is -0.346 e. The summed E-state index contributed by atoms with van der Waals surface area (Å²) in [6.07, 6.45) is 6.11. The smallest absolute Gasteiger partial charge is 0.276 e. The third-order valence-electron chi connectivity index (χ3n) is 3.97. The molecular weight excluding hydrogens is 340 g/mol. The van der Waals surface area contributed by atoms with Crippen molar-refractivity contribution in [3.63, 3.8) is 0 Å². The van der Waals surface area contributed by atoms with Gasteiger partial charge in [0.05, 0.1) is 5.02 Å². The molecule has 3 heterocycles. The van der Waals surface area contributed by atoms with Gasteiger partial charge in [-0.25, -0.2) is 9.98 Å². The summed E-state index contributed by atoms with van der Waals surface area (Å²) < 4.78 is 0. The molecule has 0 unspecified atom stereocenters. The number of carbonyl (C=O) groups is 1. The molecule has 0 atom stereocenters. The van der Waals surface area contributed by atoms with Gasteiger partial charge in [-0.3, -0.25) is 10.1 Å². The SMILES string of the molecule is CN(C)CCCN(C)C1=N/C(=C\c2c[nH]c3ncc(Cl)cc23)C(=O)N1. The van der Waals surface area contributed by atoms with Crippen LogP contribution in [0.1, 0.15) is 12.0 Å². The summed E-state index contributed by atoms with van der Waals surface area (Å²) in [5, 5.41) is 4.22. The van der Waals surface area contributed by atoms with Crippen LogP contribution in [0.15, 0.2) is 29.1 Å². The molecule has 0 fully saturated rings. The fourth-order valence-electron chi connectivity index (χ4n) is 2.63. The minimum atomic E-state index is -0.209. The number of pyridine rings is 1. The molecule has 1 aliphatic rings. The number of halogens is 1. The van der Waals surface area contributed by atoms with Crippen molar-refractivity contribution < 1.29 is 4.79 Å². The van der Waals surface area contributed by atoms with Crippen LogP contribution in [0.3, 0.4) is 0 Å². The van der Waals surface area contributed by atoms with Crippen molar-refractivity contribution in [1.82, 2.24) is 25.1 Å². The number of fused-ring (bicyclic) bond motifs is 1. The largest absolute Gasteiger partial charge is 0.346 e. The number of aliphatic imine (C=N–C) groups is 1. The molecule has 3 rings (SSSR count). The second-order valence-corrected chi connectivity index (χ2v) is 6.73. The van der Waals surface area contributed by atoms with Crippen molar-refractivity contribution in [2.45, 2.75) is 6.42 Å². The van der Waals surface area contributed by atoms with Crippen molar-refractivity contribution >= 4 is 40.6 Å². The van der Waals surface area contributed by atoms with E-state index in [2.05, 4.69) is 25.2 Å². The number of carbonyl (C=O) groups excluding carboxylic acids is 1. The first-order chi connectivity index (χ1) is 11.9. The molecule has 2 aromatic rings. The lowest BCUT2D eigenvalue weighted by atomic mass is 10.2. The van der Waals surface area contributed by atoms with E-state index < -0.39 is 0 Å². The average Bonchev–Trinajstić information content (AvgIpc) is 3.11. The monoisotopic (exact) mass is 360 g/mol. The molecule has 8 heteroatoms. The first kappa shape index (κ1) is 17.4. The summed E-state index contributed by atoms with van der Waals surface area (Å²) in [7, 11) is 6.00. The predicted molar refractivity (Wildman–Crippen MR) is 100 cm³/mol. The molecule has 1 amide bonds. The Hall–Kier alpha value is -2.38. The van der Waals surface area contributed by atoms with Crippen molar-refractivity contribution in [1.29, 1.82) is 0 Å². The Kier molecular flexibility index (Phi) is 5.06. The van der Waals surface area contributed by atoms with E-state index in [-0.39, 0.29) is 5.91 Å². The van der Waals surface area contributed by atoms with Crippen LogP contribution in [0.5, 0.6) is 0 Å². The summed E-state index contributed by atoms with van der Waals surface area (Å²) in [6.45, 7) is 1.80. The number of nitrogens with zero attached hydrogens (tertiary/aromatic N) is 4.